The quantitative estimate of drug-likeness (QED) is 0.773. The van der Waals surface area contributed by atoms with Crippen LogP contribution in [-0.4, -0.2) is 17.9 Å². The lowest BCUT2D eigenvalue weighted by Crippen LogP contribution is -2.50. The Kier molecular flexibility index (Phi) is 6.99. The molecule has 0 radical (unpaired) electrons. The Hall–Kier alpha value is -1.78. The predicted molar refractivity (Wildman–Crippen MR) is 81.4 cm³/mol. The minimum absolute atomic E-state index is 0.0277. The van der Waals surface area contributed by atoms with Gasteiger partial charge in [-0.3, -0.25) is 9.59 Å². The van der Waals surface area contributed by atoms with Crippen molar-refractivity contribution in [1.82, 2.24) is 10.6 Å². The van der Waals surface area contributed by atoms with Gasteiger partial charge >= 0.3 is 0 Å². The summed E-state index contributed by atoms with van der Waals surface area (Å²) in [5.41, 5.74) is 0. The lowest BCUT2D eigenvalue weighted by molar-refractivity contribution is -0.132. The van der Waals surface area contributed by atoms with E-state index in [9.17, 15) is 9.59 Å². The summed E-state index contributed by atoms with van der Waals surface area (Å²) in [6.07, 6.45) is 3.12. The molecule has 0 saturated heterocycles. The molecule has 5 nitrogen and oxygen atoms in total. The van der Waals surface area contributed by atoms with Crippen molar-refractivity contribution in [3.63, 3.8) is 0 Å². The molecule has 0 aliphatic carbocycles. The molecule has 1 aromatic rings. The summed E-state index contributed by atoms with van der Waals surface area (Å²) in [5.74, 6) is 0.453. The number of hydrogen-bond acceptors (Lipinski definition) is 3. The number of carbonyl (C=O) groups is 2. The molecule has 1 aromatic heterocycles. The van der Waals surface area contributed by atoms with Crippen LogP contribution in [0.15, 0.2) is 22.8 Å². The van der Waals surface area contributed by atoms with E-state index in [1.165, 1.54) is 0 Å². The summed E-state index contributed by atoms with van der Waals surface area (Å²) in [4.78, 5) is 24.4. The highest BCUT2D eigenvalue weighted by Crippen LogP contribution is 2.10. The van der Waals surface area contributed by atoms with Crippen LogP contribution >= 0.6 is 0 Å². The first-order valence-electron chi connectivity index (χ1n) is 7.60. The zero-order chi connectivity index (χ0) is 15.8. The normalized spacial score (nSPS) is 12.5. The molecule has 21 heavy (non-hydrogen) atoms. The largest absolute Gasteiger partial charge is 0.467 e. The van der Waals surface area contributed by atoms with Crippen molar-refractivity contribution in [3.05, 3.63) is 24.2 Å². The summed E-state index contributed by atoms with van der Waals surface area (Å²) in [7, 11) is 0. The molecule has 0 fully saturated rings. The van der Waals surface area contributed by atoms with Gasteiger partial charge in [-0.05, 0) is 30.9 Å². The number of nitrogens with one attached hydrogen (secondary N) is 2. The van der Waals surface area contributed by atoms with Crippen LogP contribution in [-0.2, 0) is 16.1 Å². The van der Waals surface area contributed by atoms with Gasteiger partial charge in [0.2, 0.25) is 11.8 Å². The predicted octanol–water partition coefficient (Wildman–Crippen LogP) is 2.47. The van der Waals surface area contributed by atoms with E-state index >= 15 is 0 Å². The SMILES string of the molecule is CCC(CC)C(=O)N[C@H](C(=O)NCc1ccco1)C(C)C. The second-order valence-electron chi connectivity index (χ2n) is 5.54. The Morgan fingerprint density at radius 2 is 1.86 bits per heavy atom. The molecule has 0 saturated carbocycles. The van der Waals surface area contributed by atoms with Crippen molar-refractivity contribution < 1.29 is 14.0 Å². The van der Waals surface area contributed by atoms with Gasteiger partial charge in [0.05, 0.1) is 12.8 Å². The summed E-state index contributed by atoms with van der Waals surface area (Å²) >= 11 is 0. The van der Waals surface area contributed by atoms with E-state index in [-0.39, 0.29) is 23.7 Å². The first kappa shape index (κ1) is 17.3. The van der Waals surface area contributed by atoms with Crippen molar-refractivity contribution in [3.8, 4) is 0 Å². The zero-order valence-electron chi connectivity index (χ0n) is 13.3. The van der Waals surface area contributed by atoms with E-state index < -0.39 is 6.04 Å². The molecular weight excluding hydrogens is 268 g/mol. The summed E-state index contributed by atoms with van der Waals surface area (Å²) in [6, 6.07) is 3.05. The van der Waals surface area contributed by atoms with Gasteiger partial charge in [-0.25, -0.2) is 0 Å². The van der Waals surface area contributed by atoms with Crippen LogP contribution in [0.2, 0.25) is 0 Å². The standard InChI is InChI=1S/C16H26N2O3/c1-5-12(6-2)15(19)18-14(11(3)4)16(20)17-10-13-8-7-9-21-13/h7-9,11-12,14H,5-6,10H2,1-4H3,(H,17,20)(H,18,19)/t14-/m0/s1. The molecule has 118 valence electrons. The fourth-order valence-corrected chi connectivity index (χ4v) is 2.16. The van der Waals surface area contributed by atoms with Crippen molar-refractivity contribution in [1.29, 1.82) is 0 Å². The first-order chi connectivity index (χ1) is 9.99. The van der Waals surface area contributed by atoms with E-state index in [0.29, 0.717) is 12.3 Å². The van der Waals surface area contributed by atoms with Gasteiger partial charge < -0.3 is 15.1 Å². The van der Waals surface area contributed by atoms with E-state index in [0.717, 1.165) is 12.8 Å². The number of carbonyl (C=O) groups excluding carboxylic acids is 2. The maximum Gasteiger partial charge on any atom is 0.243 e. The smallest absolute Gasteiger partial charge is 0.243 e. The van der Waals surface area contributed by atoms with E-state index in [2.05, 4.69) is 10.6 Å². The Bertz CT molecular complexity index is 436. The highest BCUT2D eigenvalue weighted by molar-refractivity contribution is 5.88. The van der Waals surface area contributed by atoms with E-state index in [4.69, 9.17) is 4.42 Å². The molecule has 0 aromatic carbocycles. The Morgan fingerprint density at radius 3 is 2.33 bits per heavy atom. The lowest BCUT2D eigenvalue weighted by atomic mass is 9.99. The first-order valence-corrected chi connectivity index (χ1v) is 7.60. The van der Waals surface area contributed by atoms with Gasteiger partial charge in [0.25, 0.3) is 0 Å². The van der Waals surface area contributed by atoms with Crippen LogP contribution in [0.5, 0.6) is 0 Å². The molecule has 0 unspecified atom stereocenters. The van der Waals surface area contributed by atoms with Crippen LogP contribution in [0, 0.1) is 11.8 Å². The third kappa shape index (κ3) is 5.25. The second-order valence-corrected chi connectivity index (χ2v) is 5.54. The van der Waals surface area contributed by atoms with Gasteiger partial charge in [-0.1, -0.05) is 27.7 Å². The van der Waals surface area contributed by atoms with Crippen LogP contribution in [0.25, 0.3) is 0 Å². The number of rotatable bonds is 8. The van der Waals surface area contributed by atoms with Crippen molar-refractivity contribution in [2.75, 3.05) is 0 Å². The topological polar surface area (TPSA) is 71.3 Å². The minimum atomic E-state index is -0.520. The molecule has 5 heteroatoms. The molecular formula is C16H26N2O3. The lowest BCUT2D eigenvalue weighted by Gasteiger charge is -2.23. The Labute approximate surface area is 126 Å². The molecule has 1 heterocycles. The molecule has 2 N–H and O–H groups in total. The van der Waals surface area contributed by atoms with E-state index in [1.54, 1.807) is 18.4 Å². The fraction of sp³-hybridized carbons (Fsp3) is 0.625. The van der Waals surface area contributed by atoms with Gasteiger partial charge in [0.15, 0.2) is 0 Å². The van der Waals surface area contributed by atoms with Gasteiger partial charge in [-0.2, -0.15) is 0 Å². The van der Waals surface area contributed by atoms with Crippen LogP contribution < -0.4 is 10.6 Å². The summed E-state index contributed by atoms with van der Waals surface area (Å²) in [6.45, 7) is 8.13. The summed E-state index contributed by atoms with van der Waals surface area (Å²) < 4.78 is 5.18. The van der Waals surface area contributed by atoms with Crippen molar-refractivity contribution in [2.45, 2.75) is 53.1 Å². The second kappa shape index (κ2) is 8.49. The molecule has 1 rings (SSSR count). The van der Waals surface area contributed by atoms with Gasteiger partial charge in [0.1, 0.15) is 11.8 Å². The van der Waals surface area contributed by atoms with Crippen molar-refractivity contribution >= 4 is 11.8 Å². The third-order valence-corrected chi connectivity index (χ3v) is 3.62. The highest BCUT2D eigenvalue weighted by atomic mass is 16.3. The molecule has 2 amide bonds. The number of hydrogen-bond donors (Lipinski definition) is 2. The molecule has 0 spiro atoms. The molecule has 0 bridgehead atoms. The van der Waals surface area contributed by atoms with Gasteiger partial charge in [-0.15, -0.1) is 0 Å². The number of amides is 2. The van der Waals surface area contributed by atoms with E-state index in [1.807, 2.05) is 27.7 Å². The average Bonchev–Trinajstić information content (AvgIpc) is 2.96. The fourth-order valence-electron chi connectivity index (χ4n) is 2.16. The Balaban J connectivity index is 2.59. The monoisotopic (exact) mass is 294 g/mol. The van der Waals surface area contributed by atoms with Crippen LogP contribution in [0.3, 0.4) is 0 Å². The third-order valence-electron chi connectivity index (χ3n) is 3.62. The number of furan rings is 1. The molecule has 0 aliphatic heterocycles. The van der Waals surface area contributed by atoms with Gasteiger partial charge in [0, 0.05) is 5.92 Å². The van der Waals surface area contributed by atoms with Crippen molar-refractivity contribution in [2.24, 2.45) is 11.8 Å². The Morgan fingerprint density at radius 1 is 1.19 bits per heavy atom. The zero-order valence-corrected chi connectivity index (χ0v) is 13.3. The summed E-state index contributed by atoms with van der Waals surface area (Å²) in [5, 5.41) is 5.67. The molecule has 0 aliphatic rings. The molecule has 1 atom stereocenters. The maximum atomic E-state index is 12.2. The average molecular weight is 294 g/mol. The van der Waals surface area contributed by atoms with Crippen LogP contribution in [0.1, 0.15) is 46.3 Å². The maximum absolute atomic E-state index is 12.2. The minimum Gasteiger partial charge on any atom is -0.467 e. The highest BCUT2D eigenvalue weighted by Gasteiger charge is 2.26. The van der Waals surface area contributed by atoms with Crippen LogP contribution in [0.4, 0.5) is 0 Å².